The molecule has 4 heteroatoms. The molecule has 0 aliphatic heterocycles. The minimum Gasteiger partial charge on any atom is -0.313 e. The van der Waals surface area contributed by atoms with Gasteiger partial charge in [0.2, 0.25) is 0 Å². The fourth-order valence-electron chi connectivity index (χ4n) is 1.61. The molecule has 3 atom stereocenters. The molecule has 1 N–H and O–H groups in total. The number of hydrogen-bond acceptors (Lipinski definition) is 3. The highest BCUT2D eigenvalue weighted by Crippen LogP contribution is 2.19. The molecular weight excluding hydrogens is 226 g/mol. The summed E-state index contributed by atoms with van der Waals surface area (Å²) in [5.41, 5.74) is 0. The minimum atomic E-state index is -0.872. The van der Waals surface area contributed by atoms with Gasteiger partial charge in [0, 0.05) is 6.04 Å². The molecule has 0 aromatic carbocycles. The Morgan fingerprint density at radius 1 is 1.53 bits per heavy atom. The molecule has 0 bridgehead atoms. The van der Waals surface area contributed by atoms with Gasteiger partial charge >= 0.3 is 0 Å². The second kappa shape index (κ2) is 6.40. The first-order chi connectivity index (χ1) is 7.20. The van der Waals surface area contributed by atoms with Crippen molar-refractivity contribution in [2.75, 3.05) is 6.54 Å². The lowest BCUT2D eigenvalue weighted by Crippen LogP contribution is -2.39. The third-order valence-corrected chi connectivity index (χ3v) is 5.48. The van der Waals surface area contributed by atoms with Crippen molar-refractivity contribution < 1.29 is 4.21 Å². The van der Waals surface area contributed by atoms with Gasteiger partial charge in [0.25, 0.3) is 0 Å². The van der Waals surface area contributed by atoms with E-state index < -0.39 is 10.8 Å². The van der Waals surface area contributed by atoms with E-state index in [0.29, 0.717) is 6.04 Å². The second-order valence-electron chi connectivity index (χ2n) is 3.51. The Morgan fingerprint density at radius 3 is 2.73 bits per heavy atom. The number of thiophene rings is 1. The van der Waals surface area contributed by atoms with Gasteiger partial charge in [-0.3, -0.25) is 4.21 Å². The molecule has 0 saturated heterocycles. The summed E-state index contributed by atoms with van der Waals surface area (Å²) in [5.74, 6) is 0. The summed E-state index contributed by atoms with van der Waals surface area (Å²) in [7, 11) is -0.872. The number of hydrogen-bond donors (Lipinski definition) is 1. The molecule has 0 aliphatic carbocycles. The van der Waals surface area contributed by atoms with Crippen molar-refractivity contribution in [2.24, 2.45) is 0 Å². The SMILES string of the molecule is CCNC(CC)C(C)S(=O)c1cccs1. The van der Waals surface area contributed by atoms with Crippen molar-refractivity contribution >= 4 is 22.1 Å². The lowest BCUT2D eigenvalue weighted by molar-refractivity contribution is 0.500. The van der Waals surface area contributed by atoms with Crippen LogP contribution in [0.3, 0.4) is 0 Å². The summed E-state index contributed by atoms with van der Waals surface area (Å²) < 4.78 is 13.1. The van der Waals surface area contributed by atoms with Crippen LogP contribution in [0, 0.1) is 0 Å². The molecule has 1 heterocycles. The van der Waals surface area contributed by atoms with Crippen LogP contribution >= 0.6 is 11.3 Å². The maximum atomic E-state index is 12.2. The third kappa shape index (κ3) is 3.40. The maximum absolute atomic E-state index is 12.2. The zero-order valence-electron chi connectivity index (χ0n) is 9.53. The Morgan fingerprint density at radius 2 is 2.27 bits per heavy atom. The van der Waals surface area contributed by atoms with E-state index in [1.54, 1.807) is 11.3 Å². The first-order valence-electron chi connectivity index (χ1n) is 5.38. The summed E-state index contributed by atoms with van der Waals surface area (Å²) >= 11 is 1.58. The molecule has 0 fully saturated rings. The first-order valence-corrected chi connectivity index (χ1v) is 7.47. The Bertz CT molecular complexity index is 298. The molecule has 1 aromatic heterocycles. The van der Waals surface area contributed by atoms with Gasteiger partial charge in [-0.25, -0.2) is 0 Å². The summed E-state index contributed by atoms with van der Waals surface area (Å²) in [6, 6.07) is 4.26. The Kier molecular flexibility index (Phi) is 5.50. The van der Waals surface area contributed by atoms with Gasteiger partial charge in [-0.2, -0.15) is 0 Å². The van der Waals surface area contributed by atoms with Gasteiger partial charge in [0.1, 0.15) is 0 Å². The van der Waals surface area contributed by atoms with Crippen molar-refractivity contribution in [3.63, 3.8) is 0 Å². The van der Waals surface area contributed by atoms with Gasteiger partial charge in [-0.15, -0.1) is 11.3 Å². The van der Waals surface area contributed by atoms with E-state index in [0.717, 1.165) is 17.2 Å². The van der Waals surface area contributed by atoms with Crippen LogP contribution in [0.4, 0.5) is 0 Å². The zero-order valence-corrected chi connectivity index (χ0v) is 11.2. The molecule has 15 heavy (non-hydrogen) atoms. The van der Waals surface area contributed by atoms with Crippen molar-refractivity contribution in [3.05, 3.63) is 17.5 Å². The number of nitrogens with one attached hydrogen (secondary N) is 1. The average Bonchev–Trinajstić information content (AvgIpc) is 2.77. The highest BCUT2D eigenvalue weighted by Gasteiger charge is 2.22. The highest BCUT2D eigenvalue weighted by molar-refractivity contribution is 7.87. The predicted octanol–water partition coefficient (Wildman–Crippen LogP) is 2.63. The largest absolute Gasteiger partial charge is 0.313 e. The van der Waals surface area contributed by atoms with E-state index in [1.807, 2.05) is 17.5 Å². The summed E-state index contributed by atoms with van der Waals surface area (Å²) in [6.45, 7) is 7.22. The predicted molar refractivity (Wildman–Crippen MR) is 67.9 cm³/mol. The van der Waals surface area contributed by atoms with Crippen LogP contribution in [-0.4, -0.2) is 22.0 Å². The molecule has 0 saturated carbocycles. The van der Waals surface area contributed by atoms with Crippen molar-refractivity contribution in [2.45, 2.75) is 42.7 Å². The summed E-state index contributed by atoms with van der Waals surface area (Å²) in [4.78, 5) is 0. The van der Waals surface area contributed by atoms with Crippen molar-refractivity contribution in [3.8, 4) is 0 Å². The van der Waals surface area contributed by atoms with Crippen LogP contribution < -0.4 is 5.32 Å². The van der Waals surface area contributed by atoms with Crippen molar-refractivity contribution in [1.82, 2.24) is 5.32 Å². The normalized spacial score (nSPS) is 17.3. The van der Waals surface area contributed by atoms with Gasteiger partial charge in [-0.05, 0) is 31.3 Å². The molecule has 0 spiro atoms. The molecule has 1 rings (SSSR count). The zero-order chi connectivity index (χ0) is 11.3. The van der Waals surface area contributed by atoms with Gasteiger partial charge in [0.05, 0.1) is 20.3 Å². The molecule has 1 aromatic rings. The monoisotopic (exact) mass is 245 g/mol. The van der Waals surface area contributed by atoms with E-state index >= 15 is 0 Å². The quantitative estimate of drug-likeness (QED) is 0.835. The maximum Gasteiger partial charge on any atom is 0.0913 e. The third-order valence-electron chi connectivity index (χ3n) is 2.50. The van der Waals surface area contributed by atoms with E-state index in [1.165, 1.54) is 0 Å². The molecule has 0 aliphatic rings. The van der Waals surface area contributed by atoms with Gasteiger partial charge in [0.15, 0.2) is 0 Å². The summed E-state index contributed by atoms with van der Waals surface area (Å²) in [5, 5.41) is 5.54. The van der Waals surface area contributed by atoms with Crippen LogP contribution in [0.5, 0.6) is 0 Å². The van der Waals surface area contributed by atoms with E-state index in [2.05, 4.69) is 26.1 Å². The lowest BCUT2D eigenvalue weighted by Gasteiger charge is -2.22. The lowest BCUT2D eigenvalue weighted by atomic mass is 10.2. The topological polar surface area (TPSA) is 29.1 Å². The van der Waals surface area contributed by atoms with Crippen molar-refractivity contribution in [1.29, 1.82) is 0 Å². The molecule has 2 nitrogen and oxygen atoms in total. The van der Waals surface area contributed by atoms with E-state index in [4.69, 9.17) is 0 Å². The first kappa shape index (κ1) is 12.9. The molecular formula is C11H19NOS2. The standard InChI is InChI=1S/C11H19NOS2/c1-4-10(12-5-2)9(3)15(13)11-7-6-8-14-11/h6-10,12H,4-5H2,1-3H3. The Labute approximate surface area is 98.6 Å². The Hall–Kier alpha value is -0.190. The number of rotatable bonds is 6. The van der Waals surface area contributed by atoms with E-state index in [-0.39, 0.29) is 5.25 Å². The smallest absolute Gasteiger partial charge is 0.0913 e. The van der Waals surface area contributed by atoms with E-state index in [9.17, 15) is 4.21 Å². The highest BCUT2D eigenvalue weighted by atomic mass is 32.2. The average molecular weight is 245 g/mol. The summed E-state index contributed by atoms with van der Waals surface area (Å²) in [6.07, 6.45) is 1.02. The minimum absolute atomic E-state index is 0.175. The van der Waals surface area contributed by atoms with Crippen LogP contribution in [0.15, 0.2) is 21.7 Å². The molecule has 86 valence electrons. The molecule has 0 radical (unpaired) electrons. The Balaban J connectivity index is 2.66. The van der Waals surface area contributed by atoms with Crippen LogP contribution in [-0.2, 0) is 10.8 Å². The fraction of sp³-hybridized carbons (Fsp3) is 0.636. The molecule has 0 amide bonds. The van der Waals surface area contributed by atoms with Gasteiger partial charge < -0.3 is 5.32 Å². The van der Waals surface area contributed by atoms with Gasteiger partial charge in [-0.1, -0.05) is 19.9 Å². The fourth-order valence-corrected chi connectivity index (χ4v) is 4.23. The second-order valence-corrected chi connectivity index (χ2v) is 6.49. The van der Waals surface area contributed by atoms with Crippen LogP contribution in [0.1, 0.15) is 27.2 Å². The van der Waals surface area contributed by atoms with Crippen LogP contribution in [0.2, 0.25) is 0 Å². The van der Waals surface area contributed by atoms with Crippen LogP contribution in [0.25, 0.3) is 0 Å². The molecule has 3 unspecified atom stereocenters.